The summed E-state index contributed by atoms with van der Waals surface area (Å²) in [5.41, 5.74) is 0. The average Bonchev–Trinajstić information content (AvgIpc) is 2.10. The van der Waals surface area contributed by atoms with E-state index < -0.39 is 17.9 Å². The molecule has 0 bridgehead atoms. The van der Waals surface area contributed by atoms with Crippen molar-refractivity contribution in [2.24, 2.45) is 0 Å². The number of hydrogen-bond donors (Lipinski definition) is 1. The van der Waals surface area contributed by atoms with Gasteiger partial charge in [0.15, 0.2) is 11.9 Å². The highest BCUT2D eigenvalue weighted by Crippen LogP contribution is 2.21. The third-order valence-electron chi connectivity index (χ3n) is 1.28. The Bertz CT molecular complexity index is 152. The Morgan fingerprint density at radius 1 is 1.70 bits per heavy atom. The van der Waals surface area contributed by atoms with E-state index in [1.807, 2.05) is 0 Å². The van der Waals surface area contributed by atoms with Crippen LogP contribution in [0.25, 0.3) is 0 Å². The van der Waals surface area contributed by atoms with Crippen LogP contribution in [-0.2, 0) is 14.3 Å². The highest BCUT2D eigenvalue weighted by molar-refractivity contribution is 5.72. The molecule has 1 N–H and O–H groups in total. The lowest BCUT2D eigenvalue weighted by Crippen LogP contribution is -2.26. The molecule has 58 valence electrons. The van der Waals surface area contributed by atoms with Gasteiger partial charge in [-0.05, 0) is 13.8 Å². The molecule has 1 saturated heterocycles. The van der Waals surface area contributed by atoms with Crippen LogP contribution < -0.4 is 0 Å². The van der Waals surface area contributed by atoms with E-state index in [4.69, 9.17) is 14.6 Å². The molecular formula is C6H10O4. The predicted molar refractivity (Wildman–Crippen MR) is 32.5 cm³/mol. The van der Waals surface area contributed by atoms with Gasteiger partial charge in [-0.25, -0.2) is 4.79 Å². The first-order valence-corrected chi connectivity index (χ1v) is 3.06. The minimum absolute atomic E-state index is 0.141. The summed E-state index contributed by atoms with van der Waals surface area (Å²) < 4.78 is 10.00. The van der Waals surface area contributed by atoms with Gasteiger partial charge in [-0.3, -0.25) is 0 Å². The Morgan fingerprint density at radius 2 is 2.30 bits per heavy atom. The van der Waals surface area contributed by atoms with Crippen molar-refractivity contribution >= 4 is 5.97 Å². The van der Waals surface area contributed by atoms with E-state index in [1.54, 1.807) is 13.8 Å². The minimum Gasteiger partial charge on any atom is -0.479 e. The fraction of sp³-hybridized carbons (Fsp3) is 0.833. The maximum atomic E-state index is 10.3. The van der Waals surface area contributed by atoms with Crippen molar-refractivity contribution in [2.45, 2.75) is 25.7 Å². The fourth-order valence-corrected chi connectivity index (χ4v) is 0.809. The zero-order valence-electron chi connectivity index (χ0n) is 5.96. The van der Waals surface area contributed by atoms with Gasteiger partial charge in [0.1, 0.15) is 0 Å². The van der Waals surface area contributed by atoms with E-state index in [0.717, 1.165) is 0 Å². The number of carboxylic acids is 1. The van der Waals surface area contributed by atoms with Gasteiger partial charge in [0.2, 0.25) is 0 Å². The predicted octanol–water partition coefficient (Wildman–Crippen LogP) is 0.222. The van der Waals surface area contributed by atoms with Gasteiger partial charge in [0.25, 0.3) is 0 Å². The van der Waals surface area contributed by atoms with Crippen LogP contribution in [0.5, 0.6) is 0 Å². The van der Waals surface area contributed by atoms with Crippen LogP contribution in [0, 0.1) is 0 Å². The van der Waals surface area contributed by atoms with Crippen molar-refractivity contribution in [1.82, 2.24) is 0 Å². The molecule has 0 aromatic heterocycles. The van der Waals surface area contributed by atoms with Gasteiger partial charge < -0.3 is 14.6 Å². The molecule has 4 heteroatoms. The summed E-state index contributed by atoms with van der Waals surface area (Å²) in [5.74, 6) is -1.70. The smallest absolute Gasteiger partial charge is 0.335 e. The van der Waals surface area contributed by atoms with Gasteiger partial charge in [-0.2, -0.15) is 0 Å². The summed E-state index contributed by atoms with van der Waals surface area (Å²) in [5, 5.41) is 8.44. The molecule has 1 unspecified atom stereocenters. The van der Waals surface area contributed by atoms with E-state index in [-0.39, 0.29) is 6.61 Å². The van der Waals surface area contributed by atoms with Gasteiger partial charge in [0.05, 0.1) is 6.61 Å². The lowest BCUT2D eigenvalue weighted by Gasteiger charge is -2.15. The van der Waals surface area contributed by atoms with Gasteiger partial charge >= 0.3 is 5.97 Å². The Labute approximate surface area is 58.7 Å². The van der Waals surface area contributed by atoms with Crippen LogP contribution >= 0.6 is 0 Å². The van der Waals surface area contributed by atoms with E-state index in [9.17, 15) is 4.79 Å². The fourth-order valence-electron chi connectivity index (χ4n) is 0.809. The van der Waals surface area contributed by atoms with Gasteiger partial charge in [-0.15, -0.1) is 0 Å². The third kappa shape index (κ3) is 1.46. The normalized spacial score (nSPS) is 30.4. The molecule has 0 amide bonds. The number of hydrogen-bond acceptors (Lipinski definition) is 3. The summed E-state index contributed by atoms with van der Waals surface area (Å²) in [6, 6.07) is 0. The number of aliphatic carboxylic acids is 1. The zero-order valence-corrected chi connectivity index (χ0v) is 5.96. The lowest BCUT2D eigenvalue weighted by atomic mass is 10.4. The van der Waals surface area contributed by atoms with Crippen LogP contribution in [-0.4, -0.2) is 29.6 Å². The standard InChI is InChI=1S/C6H10O4/c1-6(2)9-3-4(10-6)5(7)8/h4H,3H2,1-2H3,(H,7,8). The van der Waals surface area contributed by atoms with Crippen molar-refractivity contribution in [2.75, 3.05) is 6.61 Å². The van der Waals surface area contributed by atoms with Crippen LogP contribution in [0.3, 0.4) is 0 Å². The lowest BCUT2D eigenvalue weighted by molar-refractivity contribution is -0.164. The van der Waals surface area contributed by atoms with Crippen molar-refractivity contribution in [1.29, 1.82) is 0 Å². The highest BCUT2D eigenvalue weighted by atomic mass is 16.7. The van der Waals surface area contributed by atoms with Crippen molar-refractivity contribution in [3.05, 3.63) is 0 Å². The number of carbonyl (C=O) groups is 1. The topological polar surface area (TPSA) is 55.8 Å². The largest absolute Gasteiger partial charge is 0.479 e. The molecule has 1 rings (SSSR count). The molecule has 0 aromatic carbocycles. The molecule has 1 fully saturated rings. The molecule has 4 nitrogen and oxygen atoms in total. The Balaban J connectivity index is 2.51. The second kappa shape index (κ2) is 2.21. The van der Waals surface area contributed by atoms with Crippen LogP contribution in [0.2, 0.25) is 0 Å². The van der Waals surface area contributed by atoms with Crippen molar-refractivity contribution in [3.63, 3.8) is 0 Å². The van der Waals surface area contributed by atoms with Crippen LogP contribution in [0.15, 0.2) is 0 Å². The van der Waals surface area contributed by atoms with E-state index >= 15 is 0 Å². The second-order valence-electron chi connectivity index (χ2n) is 2.66. The van der Waals surface area contributed by atoms with E-state index in [1.165, 1.54) is 0 Å². The maximum Gasteiger partial charge on any atom is 0.335 e. The molecule has 1 aliphatic heterocycles. The molecule has 10 heavy (non-hydrogen) atoms. The molecule has 0 spiro atoms. The first kappa shape index (κ1) is 7.50. The summed E-state index contributed by atoms with van der Waals surface area (Å²) in [7, 11) is 0. The first-order valence-electron chi connectivity index (χ1n) is 3.06. The molecule has 0 radical (unpaired) electrons. The Hall–Kier alpha value is -0.610. The molecule has 1 atom stereocenters. The van der Waals surface area contributed by atoms with Gasteiger partial charge in [0, 0.05) is 0 Å². The van der Waals surface area contributed by atoms with E-state index in [2.05, 4.69) is 0 Å². The molecule has 1 heterocycles. The molecule has 0 aromatic rings. The third-order valence-corrected chi connectivity index (χ3v) is 1.28. The summed E-state index contributed by atoms with van der Waals surface area (Å²) in [6.45, 7) is 3.52. The number of carboxylic acid groups (broad SMARTS) is 1. The van der Waals surface area contributed by atoms with Crippen LogP contribution in [0.4, 0.5) is 0 Å². The average molecular weight is 146 g/mol. The number of rotatable bonds is 1. The molecular weight excluding hydrogens is 136 g/mol. The summed E-state index contributed by atoms with van der Waals surface area (Å²) in [4.78, 5) is 10.3. The zero-order chi connectivity index (χ0) is 7.78. The second-order valence-corrected chi connectivity index (χ2v) is 2.66. The molecule has 0 saturated carbocycles. The van der Waals surface area contributed by atoms with Crippen molar-refractivity contribution < 1.29 is 19.4 Å². The summed E-state index contributed by atoms with van der Waals surface area (Å²) >= 11 is 0. The Morgan fingerprint density at radius 3 is 2.50 bits per heavy atom. The number of ether oxygens (including phenoxy) is 2. The minimum atomic E-state index is -0.967. The maximum absolute atomic E-state index is 10.3. The van der Waals surface area contributed by atoms with Gasteiger partial charge in [-0.1, -0.05) is 0 Å². The van der Waals surface area contributed by atoms with Crippen LogP contribution in [0.1, 0.15) is 13.8 Å². The quantitative estimate of drug-likeness (QED) is 0.575. The van der Waals surface area contributed by atoms with Crippen molar-refractivity contribution in [3.8, 4) is 0 Å². The monoisotopic (exact) mass is 146 g/mol. The first-order chi connectivity index (χ1) is 4.51. The molecule has 0 aliphatic carbocycles. The Kier molecular flexibility index (Phi) is 1.66. The van der Waals surface area contributed by atoms with E-state index in [0.29, 0.717) is 0 Å². The highest BCUT2D eigenvalue weighted by Gasteiger charge is 2.36. The molecule has 1 aliphatic rings. The summed E-state index contributed by atoms with van der Waals surface area (Å²) in [6.07, 6.45) is -0.796. The SMILES string of the molecule is CC1(C)OCC(C(=O)O)O1.